The minimum Gasteiger partial charge on any atom is -0.493 e. The summed E-state index contributed by atoms with van der Waals surface area (Å²) in [7, 11) is 3.04. The first kappa shape index (κ1) is 22.6. The molecule has 0 aromatic heterocycles. The minimum absolute atomic E-state index is 0.0978. The fourth-order valence-corrected chi connectivity index (χ4v) is 3.03. The number of nitrogens with zero attached hydrogens (tertiary/aromatic N) is 1. The van der Waals surface area contributed by atoms with E-state index in [4.69, 9.17) is 21.1 Å². The van der Waals surface area contributed by atoms with Gasteiger partial charge in [0.05, 0.1) is 24.8 Å². The lowest BCUT2D eigenvalue weighted by Crippen LogP contribution is -2.35. The molecule has 0 heterocycles. The normalized spacial score (nSPS) is 10.6. The van der Waals surface area contributed by atoms with Crippen molar-refractivity contribution in [3.8, 4) is 11.5 Å². The predicted molar refractivity (Wildman–Crippen MR) is 115 cm³/mol. The summed E-state index contributed by atoms with van der Waals surface area (Å²) >= 11 is 6.30. The molecule has 0 saturated heterocycles. The van der Waals surface area contributed by atoms with E-state index in [0.717, 1.165) is 16.8 Å². The lowest BCUT2D eigenvalue weighted by molar-refractivity contribution is -0.116. The first-order valence-corrected chi connectivity index (χ1v) is 9.67. The molecule has 0 radical (unpaired) electrons. The molecule has 0 fully saturated rings. The van der Waals surface area contributed by atoms with Crippen LogP contribution in [0.15, 0.2) is 30.3 Å². The summed E-state index contributed by atoms with van der Waals surface area (Å²) in [4.78, 5) is 26.5. The molecule has 0 saturated carbocycles. The van der Waals surface area contributed by atoms with Gasteiger partial charge in [0.25, 0.3) is 5.91 Å². The standard InChI is InChI=1S/C22H27ClN2O4/c1-13(2)29-21-17(23)10-16(11-19(21)28-6)22(27)25(5)12-20(26)24-18-9-7-8-14(3)15(18)4/h7-11,13H,12H2,1-6H3,(H,24,26). The lowest BCUT2D eigenvalue weighted by Gasteiger charge is -2.20. The Labute approximate surface area is 176 Å². The van der Waals surface area contributed by atoms with E-state index in [2.05, 4.69) is 5.32 Å². The Morgan fingerprint density at radius 3 is 2.52 bits per heavy atom. The maximum Gasteiger partial charge on any atom is 0.254 e. The summed E-state index contributed by atoms with van der Waals surface area (Å²) in [5.74, 6) is 0.114. The SMILES string of the molecule is COc1cc(C(=O)N(C)CC(=O)Nc2cccc(C)c2C)cc(Cl)c1OC(C)C. The maximum absolute atomic E-state index is 12.8. The Morgan fingerprint density at radius 1 is 1.21 bits per heavy atom. The predicted octanol–water partition coefficient (Wildman–Crippen LogP) is 4.46. The Hall–Kier alpha value is -2.73. The van der Waals surface area contributed by atoms with Crippen LogP contribution in [0.25, 0.3) is 0 Å². The maximum atomic E-state index is 12.8. The van der Waals surface area contributed by atoms with E-state index in [1.165, 1.54) is 18.1 Å². The molecule has 29 heavy (non-hydrogen) atoms. The molecule has 0 bridgehead atoms. The van der Waals surface area contributed by atoms with Crippen molar-refractivity contribution < 1.29 is 19.1 Å². The van der Waals surface area contributed by atoms with E-state index in [0.29, 0.717) is 17.1 Å². The van der Waals surface area contributed by atoms with Gasteiger partial charge in [0.2, 0.25) is 5.91 Å². The van der Waals surface area contributed by atoms with Crippen LogP contribution < -0.4 is 14.8 Å². The molecule has 2 aromatic rings. The molecule has 156 valence electrons. The highest BCUT2D eigenvalue weighted by Crippen LogP contribution is 2.37. The highest BCUT2D eigenvalue weighted by molar-refractivity contribution is 6.32. The fraction of sp³-hybridized carbons (Fsp3) is 0.364. The first-order chi connectivity index (χ1) is 13.6. The number of carbonyl (C=O) groups excluding carboxylic acids is 2. The van der Waals surface area contributed by atoms with Crippen molar-refractivity contribution >= 4 is 29.1 Å². The number of rotatable bonds is 7. The van der Waals surface area contributed by atoms with E-state index in [1.807, 2.05) is 45.9 Å². The van der Waals surface area contributed by atoms with E-state index in [1.54, 1.807) is 13.1 Å². The van der Waals surface area contributed by atoms with Gasteiger partial charge < -0.3 is 19.7 Å². The van der Waals surface area contributed by atoms with E-state index < -0.39 is 0 Å². The van der Waals surface area contributed by atoms with Gasteiger partial charge in [0, 0.05) is 18.3 Å². The molecular weight excluding hydrogens is 392 g/mol. The van der Waals surface area contributed by atoms with Crippen LogP contribution in [0.2, 0.25) is 5.02 Å². The van der Waals surface area contributed by atoms with Crippen LogP contribution in [0.4, 0.5) is 5.69 Å². The number of hydrogen-bond acceptors (Lipinski definition) is 4. The van der Waals surface area contributed by atoms with Gasteiger partial charge in [-0.25, -0.2) is 0 Å². The number of benzene rings is 2. The molecular formula is C22H27ClN2O4. The molecule has 0 spiro atoms. The van der Waals surface area contributed by atoms with Crippen molar-refractivity contribution in [1.82, 2.24) is 4.90 Å². The lowest BCUT2D eigenvalue weighted by atomic mass is 10.1. The number of methoxy groups -OCH3 is 1. The zero-order valence-electron chi connectivity index (χ0n) is 17.6. The van der Waals surface area contributed by atoms with Gasteiger partial charge in [-0.15, -0.1) is 0 Å². The van der Waals surface area contributed by atoms with E-state index in [9.17, 15) is 9.59 Å². The Balaban J connectivity index is 2.14. The third-order valence-corrected chi connectivity index (χ3v) is 4.72. The van der Waals surface area contributed by atoms with E-state index >= 15 is 0 Å². The zero-order chi connectivity index (χ0) is 21.7. The summed E-state index contributed by atoms with van der Waals surface area (Å²) in [6, 6.07) is 8.76. The van der Waals surface area contributed by atoms with Crippen LogP contribution in [0.1, 0.15) is 35.3 Å². The molecule has 7 heteroatoms. The molecule has 2 amide bonds. The fourth-order valence-electron chi connectivity index (χ4n) is 2.78. The molecule has 0 atom stereocenters. The number of ether oxygens (including phenoxy) is 2. The molecule has 2 rings (SSSR count). The number of likely N-dealkylation sites (N-methyl/N-ethyl adjacent to an activating group) is 1. The van der Waals surface area contributed by atoms with Crippen molar-refractivity contribution in [2.24, 2.45) is 0 Å². The average molecular weight is 419 g/mol. The number of halogens is 1. The monoisotopic (exact) mass is 418 g/mol. The second kappa shape index (κ2) is 9.65. The molecule has 2 aromatic carbocycles. The number of nitrogens with one attached hydrogen (secondary N) is 1. The van der Waals surface area contributed by atoms with Crippen LogP contribution in [-0.2, 0) is 4.79 Å². The Kier molecular flexibility index (Phi) is 7.51. The minimum atomic E-state index is -0.350. The van der Waals surface area contributed by atoms with Crippen molar-refractivity contribution in [1.29, 1.82) is 0 Å². The number of anilines is 1. The van der Waals surface area contributed by atoms with E-state index in [-0.39, 0.29) is 29.5 Å². The summed E-state index contributed by atoms with van der Waals surface area (Å²) < 4.78 is 11.0. The van der Waals surface area contributed by atoms with Crippen LogP contribution >= 0.6 is 11.6 Å². The number of aryl methyl sites for hydroxylation is 1. The molecule has 1 N–H and O–H groups in total. The van der Waals surface area contributed by atoms with Crippen molar-refractivity contribution in [3.63, 3.8) is 0 Å². The molecule has 0 aliphatic heterocycles. The zero-order valence-corrected chi connectivity index (χ0v) is 18.4. The highest BCUT2D eigenvalue weighted by atomic mass is 35.5. The third kappa shape index (κ3) is 5.64. The van der Waals surface area contributed by atoms with Gasteiger partial charge in [-0.3, -0.25) is 9.59 Å². The molecule has 0 unspecified atom stereocenters. The number of amides is 2. The van der Waals surface area contributed by atoms with Gasteiger partial charge in [-0.2, -0.15) is 0 Å². The van der Waals surface area contributed by atoms with Crippen molar-refractivity contribution in [2.45, 2.75) is 33.8 Å². The van der Waals surface area contributed by atoms with Crippen LogP contribution in [-0.4, -0.2) is 43.5 Å². The Morgan fingerprint density at radius 2 is 1.90 bits per heavy atom. The number of hydrogen-bond donors (Lipinski definition) is 1. The molecule has 6 nitrogen and oxygen atoms in total. The smallest absolute Gasteiger partial charge is 0.254 e. The Bertz CT molecular complexity index is 912. The first-order valence-electron chi connectivity index (χ1n) is 9.29. The van der Waals surface area contributed by atoms with Crippen LogP contribution in [0, 0.1) is 13.8 Å². The second-order valence-corrected chi connectivity index (χ2v) is 7.52. The van der Waals surface area contributed by atoms with Crippen LogP contribution in [0.3, 0.4) is 0 Å². The van der Waals surface area contributed by atoms with Crippen LogP contribution in [0.5, 0.6) is 11.5 Å². The quantitative estimate of drug-likeness (QED) is 0.720. The molecule has 0 aliphatic carbocycles. The average Bonchev–Trinajstić information content (AvgIpc) is 2.65. The van der Waals surface area contributed by atoms with Gasteiger partial charge in [-0.05, 0) is 57.0 Å². The largest absolute Gasteiger partial charge is 0.493 e. The number of carbonyl (C=O) groups is 2. The van der Waals surface area contributed by atoms with Crippen molar-refractivity contribution in [2.75, 3.05) is 26.0 Å². The summed E-state index contributed by atoms with van der Waals surface area (Å²) in [5, 5.41) is 3.12. The second-order valence-electron chi connectivity index (χ2n) is 7.11. The topological polar surface area (TPSA) is 67.9 Å². The summed E-state index contributed by atoms with van der Waals surface area (Å²) in [6.45, 7) is 7.56. The molecule has 0 aliphatic rings. The van der Waals surface area contributed by atoms with Gasteiger partial charge in [0.1, 0.15) is 0 Å². The summed E-state index contributed by atoms with van der Waals surface area (Å²) in [5.41, 5.74) is 3.12. The highest BCUT2D eigenvalue weighted by Gasteiger charge is 2.20. The summed E-state index contributed by atoms with van der Waals surface area (Å²) in [6.07, 6.45) is -0.0978. The van der Waals surface area contributed by atoms with Crippen molar-refractivity contribution in [3.05, 3.63) is 52.0 Å². The van der Waals surface area contributed by atoms with Gasteiger partial charge in [-0.1, -0.05) is 23.7 Å². The van der Waals surface area contributed by atoms with Gasteiger partial charge >= 0.3 is 0 Å². The van der Waals surface area contributed by atoms with Gasteiger partial charge in [0.15, 0.2) is 11.5 Å². The third-order valence-electron chi connectivity index (χ3n) is 4.44.